The molecule has 2 rings (SSSR count). The first-order chi connectivity index (χ1) is 9.19. The number of halogens is 4. The molecular weight excluding hydrogens is 291 g/mol. The quantitative estimate of drug-likeness (QED) is 0.889. The Hall–Kier alpha value is -1.53. The van der Waals surface area contributed by atoms with E-state index in [4.69, 9.17) is 0 Å². The summed E-state index contributed by atoms with van der Waals surface area (Å²) in [6.45, 7) is 0.510. The number of aryl methyl sites for hydroxylation is 1. The number of nitrogens with zero attached hydrogens (tertiary/aromatic N) is 2. The minimum Gasteiger partial charge on any atom is -0.307 e. The van der Waals surface area contributed by atoms with Crippen LogP contribution in [0.25, 0.3) is 0 Å². The second-order valence-electron chi connectivity index (χ2n) is 4.12. The van der Waals surface area contributed by atoms with Crippen LogP contribution in [0.15, 0.2) is 30.5 Å². The third-order valence-electron chi connectivity index (χ3n) is 2.66. The van der Waals surface area contributed by atoms with E-state index < -0.39 is 18.3 Å². The molecule has 1 heterocycles. The maximum atomic E-state index is 13.0. The van der Waals surface area contributed by atoms with Gasteiger partial charge < -0.3 is 5.32 Å². The van der Waals surface area contributed by atoms with E-state index in [2.05, 4.69) is 10.4 Å². The molecule has 0 aliphatic rings. The van der Waals surface area contributed by atoms with Crippen molar-refractivity contribution in [2.45, 2.75) is 19.6 Å². The van der Waals surface area contributed by atoms with Crippen molar-refractivity contribution in [3.05, 3.63) is 53.4 Å². The molecule has 0 spiro atoms. The van der Waals surface area contributed by atoms with Crippen LogP contribution in [0.4, 0.5) is 13.2 Å². The van der Waals surface area contributed by atoms with Crippen LogP contribution in [0.1, 0.15) is 11.3 Å². The van der Waals surface area contributed by atoms with Crippen molar-refractivity contribution in [2.75, 3.05) is 6.67 Å². The summed E-state index contributed by atoms with van der Waals surface area (Å²) in [5.74, 6) is -1.20. The van der Waals surface area contributed by atoms with Gasteiger partial charge in [0.15, 0.2) is 0 Å². The molecule has 0 saturated heterocycles. The summed E-state index contributed by atoms with van der Waals surface area (Å²) in [5, 5.41) is 7.02. The molecule has 1 aromatic carbocycles. The zero-order valence-corrected chi connectivity index (χ0v) is 11.5. The molecule has 0 atom stereocenters. The maximum Gasteiger partial charge on any atom is 0.126 e. The molecule has 2 aromatic rings. The summed E-state index contributed by atoms with van der Waals surface area (Å²) >= 11 is 0. The molecule has 1 N–H and O–H groups in total. The molecule has 0 unspecified atom stereocenters. The van der Waals surface area contributed by atoms with E-state index >= 15 is 0 Å². The first-order valence-electron chi connectivity index (χ1n) is 5.91. The standard InChI is InChI=1S/C13H14F3N3.ClH/c14-2-4-19-13(1-3-18-19)9-17-8-10-5-11(15)7-12(16)6-10;/h1,3,5-7,17H,2,4,8-9H2;1H. The predicted molar refractivity (Wildman–Crippen MR) is 72.4 cm³/mol. The van der Waals surface area contributed by atoms with Crippen molar-refractivity contribution in [1.82, 2.24) is 15.1 Å². The lowest BCUT2D eigenvalue weighted by molar-refractivity contribution is 0.417. The predicted octanol–water partition coefficient (Wildman–Crippen LogP) is 2.84. The van der Waals surface area contributed by atoms with Gasteiger partial charge in [0.1, 0.15) is 18.3 Å². The lowest BCUT2D eigenvalue weighted by Gasteiger charge is -2.07. The van der Waals surface area contributed by atoms with Gasteiger partial charge in [0, 0.05) is 25.4 Å². The Morgan fingerprint density at radius 3 is 2.45 bits per heavy atom. The van der Waals surface area contributed by atoms with Gasteiger partial charge in [0.25, 0.3) is 0 Å². The average molecular weight is 306 g/mol. The van der Waals surface area contributed by atoms with Gasteiger partial charge in [-0.15, -0.1) is 12.4 Å². The fraction of sp³-hybridized carbons (Fsp3) is 0.308. The van der Waals surface area contributed by atoms with Crippen LogP contribution in [0.3, 0.4) is 0 Å². The van der Waals surface area contributed by atoms with E-state index in [0.29, 0.717) is 18.7 Å². The number of hydrogen-bond acceptors (Lipinski definition) is 2. The first-order valence-corrected chi connectivity index (χ1v) is 5.91. The van der Waals surface area contributed by atoms with Crippen LogP contribution in [-0.4, -0.2) is 16.5 Å². The number of benzene rings is 1. The van der Waals surface area contributed by atoms with E-state index in [1.54, 1.807) is 16.9 Å². The molecule has 110 valence electrons. The van der Waals surface area contributed by atoms with Gasteiger partial charge in [-0.05, 0) is 23.8 Å². The second-order valence-corrected chi connectivity index (χ2v) is 4.12. The van der Waals surface area contributed by atoms with Crippen molar-refractivity contribution in [2.24, 2.45) is 0 Å². The summed E-state index contributed by atoms with van der Waals surface area (Å²) in [6.07, 6.45) is 1.59. The summed E-state index contributed by atoms with van der Waals surface area (Å²) in [5.41, 5.74) is 1.35. The average Bonchev–Trinajstić information content (AvgIpc) is 2.76. The number of aromatic nitrogens is 2. The molecule has 3 nitrogen and oxygen atoms in total. The summed E-state index contributed by atoms with van der Waals surface area (Å²) in [7, 11) is 0. The van der Waals surface area contributed by atoms with E-state index in [0.717, 1.165) is 11.8 Å². The molecule has 0 saturated carbocycles. The fourth-order valence-electron chi connectivity index (χ4n) is 1.84. The van der Waals surface area contributed by atoms with Crippen LogP contribution in [0.2, 0.25) is 0 Å². The molecule has 0 radical (unpaired) electrons. The lowest BCUT2D eigenvalue weighted by atomic mass is 10.2. The number of nitrogens with one attached hydrogen (secondary N) is 1. The third-order valence-corrected chi connectivity index (χ3v) is 2.66. The van der Waals surface area contributed by atoms with Crippen molar-refractivity contribution in [1.29, 1.82) is 0 Å². The zero-order valence-electron chi connectivity index (χ0n) is 10.7. The Balaban J connectivity index is 0.00000200. The van der Waals surface area contributed by atoms with E-state index in [1.165, 1.54) is 12.1 Å². The van der Waals surface area contributed by atoms with Gasteiger partial charge in [-0.3, -0.25) is 4.68 Å². The van der Waals surface area contributed by atoms with E-state index in [9.17, 15) is 13.2 Å². The molecule has 0 bridgehead atoms. The number of hydrogen-bond donors (Lipinski definition) is 1. The van der Waals surface area contributed by atoms with Crippen LogP contribution in [-0.2, 0) is 19.6 Å². The van der Waals surface area contributed by atoms with Crippen LogP contribution in [0.5, 0.6) is 0 Å². The largest absolute Gasteiger partial charge is 0.307 e. The number of rotatable bonds is 6. The van der Waals surface area contributed by atoms with Crippen LogP contribution in [0, 0.1) is 11.6 Å². The van der Waals surface area contributed by atoms with Gasteiger partial charge in [-0.2, -0.15) is 5.10 Å². The van der Waals surface area contributed by atoms with E-state index in [1.807, 2.05) is 0 Å². The molecule has 7 heteroatoms. The molecule has 0 aliphatic heterocycles. The summed E-state index contributed by atoms with van der Waals surface area (Å²) < 4.78 is 39.7. The highest BCUT2D eigenvalue weighted by Crippen LogP contribution is 2.08. The Kier molecular flexibility index (Phi) is 6.54. The smallest absolute Gasteiger partial charge is 0.126 e. The lowest BCUT2D eigenvalue weighted by Crippen LogP contribution is -2.17. The van der Waals surface area contributed by atoms with Gasteiger partial charge in [0.05, 0.1) is 12.2 Å². The molecule has 1 aromatic heterocycles. The number of alkyl halides is 1. The SMILES string of the molecule is Cl.FCCn1nccc1CNCc1cc(F)cc(F)c1. The van der Waals surface area contributed by atoms with Gasteiger partial charge >= 0.3 is 0 Å². The first kappa shape index (κ1) is 16.5. The molecule has 20 heavy (non-hydrogen) atoms. The van der Waals surface area contributed by atoms with Crippen molar-refractivity contribution in [3.8, 4) is 0 Å². The van der Waals surface area contributed by atoms with Crippen LogP contribution < -0.4 is 5.32 Å². The normalized spacial score (nSPS) is 10.3. The monoisotopic (exact) mass is 305 g/mol. The third kappa shape index (κ3) is 4.54. The highest BCUT2D eigenvalue weighted by atomic mass is 35.5. The van der Waals surface area contributed by atoms with Gasteiger partial charge in [0.2, 0.25) is 0 Å². The fourth-order valence-corrected chi connectivity index (χ4v) is 1.84. The Bertz CT molecular complexity index is 525. The minimum absolute atomic E-state index is 0. The zero-order chi connectivity index (χ0) is 13.7. The molecular formula is C13H15ClF3N3. The highest BCUT2D eigenvalue weighted by molar-refractivity contribution is 5.85. The topological polar surface area (TPSA) is 29.9 Å². The molecule has 0 aliphatic carbocycles. The Morgan fingerprint density at radius 1 is 1.10 bits per heavy atom. The van der Waals surface area contributed by atoms with Gasteiger partial charge in [-0.1, -0.05) is 0 Å². The summed E-state index contributed by atoms with van der Waals surface area (Å²) in [6, 6.07) is 5.15. The van der Waals surface area contributed by atoms with Crippen molar-refractivity contribution >= 4 is 12.4 Å². The minimum atomic E-state index is -0.598. The van der Waals surface area contributed by atoms with Crippen molar-refractivity contribution < 1.29 is 13.2 Å². The Labute approximate surface area is 121 Å². The van der Waals surface area contributed by atoms with Gasteiger partial charge in [-0.25, -0.2) is 13.2 Å². The highest BCUT2D eigenvalue weighted by Gasteiger charge is 2.03. The second kappa shape index (κ2) is 7.91. The molecule has 0 amide bonds. The van der Waals surface area contributed by atoms with Crippen LogP contribution >= 0.6 is 12.4 Å². The van der Waals surface area contributed by atoms with Crippen molar-refractivity contribution in [3.63, 3.8) is 0 Å². The Morgan fingerprint density at radius 2 is 1.80 bits per heavy atom. The maximum absolute atomic E-state index is 13.0. The van der Waals surface area contributed by atoms with E-state index in [-0.39, 0.29) is 19.0 Å². The molecule has 0 fully saturated rings. The summed E-state index contributed by atoms with van der Waals surface area (Å²) in [4.78, 5) is 0.